The number of aromatic nitrogens is 2. The smallest absolute Gasteiger partial charge is 0.224 e. The summed E-state index contributed by atoms with van der Waals surface area (Å²) in [5, 5.41) is 0.0269. The highest BCUT2D eigenvalue weighted by Gasteiger charge is 2.49. The van der Waals surface area contributed by atoms with E-state index in [4.69, 9.17) is 25.8 Å². The van der Waals surface area contributed by atoms with Gasteiger partial charge in [-0.05, 0) is 24.4 Å². The number of sulfone groups is 1. The minimum absolute atomic E-state index is 0.0269. The van der Waals surface area contributed by atoms with Gasteiger partial charge in [0.2, 0.25) is 5.28 Å². The predicted octanol–water partition coefficient (Wildman–Crippen LogP) is 0.778. The monoisotopic (exact) mass is 389 g/mol. The summed E-state index contributed by atoms with van der Waals surface area (Å²) in [6.07, 6.45) is 1.88. The molecule has 2 saturated heterocycles. The lowest BCUT2D eigenvalue weighted by Gasteiger charge is -2.42. The van der Waals surface area contributed by atoms with Gasteiger partial charge in [-0.2, -0.15) is 4.98 Å². The van der Waals surface area contributed by atoms with Crippen molar-refractivity contribution < 1.29 is 22.6 Å². The third-order valence-electron chi connectivity index (χ3n) is 5.18. The molecule has 4 rings (SSSR count). The first kappa shape index (κ1) is 17.3. The normalized spacial score (nSPS) is 25.7. The zero-order valence-corrected chi connectivity index (χ0v) is 15.5. The Kier molecular flexibility index (Phi) is 4.30. The molecule has 1 aromatic rings. The summed E-state index contributed by atoms with van der Waals surface area (Å²) in [5.41, 5.74) is 0.359. The van der Waals surface area contributed by atoms with E-state index in [0.717, 1.165) is 0 Å². The van der Waals surface area contributed by atoms with Crippen LogP contribution in [0.25, 0.3) is 0 Å². The zero-order chi connectivity index (χ0) is 17.7. The van der Waals surface area contributed by atoms with Crippen LogP contribution in [0.5, 0.6) is 5.75 Å². The first-order valence-corrected chi connectivity index (χ1v) is 10.5. The number of rotatable bonds is 2. The molecule has 25 heavy (non-hydrogen) atoms. The fourth-order valence-corrected chi connectivity index (χ4v) is 5.35. The molecule has 0 saturated carbocycles. The molecule has 138 valence electrons. The van der Waals surface area contributed by atoms with E-state index in [1.165, 1.54) is 6.26 Å². The quantitative estimate of drug-likeness (QED) is 0.685. The van der Waals surface area contributed by atoms with Crippen molar-refractivity contribution in [2.24, 2.45) is 0 Å². The fourth-order valence-electron chi connectivity index (χ4n) is 3.78. The van der Waals surface area contributed by atoms with Crippen molar-refractivity contribution in [2.75, 3.05) is 50.7 Å². The van der Waals surface area contributed by atoms with E-state index in [9.17, 15) is 8.42 Å². The number of morpholine rings is 1. The highest BCUT2D eigenvalue weighted by molar-refractivity contribution is 7.91. The average molecular weight is 390 g/mol. The van der Waals surface area contributed by atoms with Gasteiger partial charge < -0.3 is 19.1 Å². The Morgan fingerprint density at radius 3 is 2.64 bits per heavy atom. The molecule has 8 nitrogen and oxygen atoms in total. The number of nitrogens with zero attached hydrogens (tertiary/aromatic N) is 3. The van der Waals surface area contributed by atoms with E-state index in [1.54, 1.807) is 0 Å². The molecular formula is C15H20ClN3O5S. The molecule has 3 aliphatic heterocycles. The van der Waals surface area contributed by atoms with E-state index in [-0.39, 0.29) is 11.3 Å². The van der Waals surface area contributed by atoms with Gasteiger partial charge in [-0.1, -0.05) is 0 Å². The maximum atomic E-state index is 12.7. The molecule has 1 atom stereocenters. The summed E-state index contributed by atoms with van der Waals surface area (Å²) >= 11 is 6.18. The van der Waals surface area contributed by atoms with Crippen molar-refractivity contribution in [2.45, 2.75) is 23.6 Å². The molecule has 10 heteroatoms. The lowest BCUT2D eigenvalue weighted by Crippen LogP contribution is -2.52. The van der Waals surface area contributed by atoms with Gasteiger partial charge in [0.15, 0.2) is 21.4 Å². The van der Waals surface area contributed by atoms with Crippen molar-refractivity contribution in [1.29, 1.82) is 0 Å². The van der Waals surface area contributed by atoms with Gasteiger partial charge in [0.1, 0.15) is 17.0 Å². The first-order chi connectivity index (χ1) is 11.9. The Hall–Kier alpha value is -1.16. The van der Waals surface area contributed by atoms with E-state index < -0.39 is 14.6 Å². The molecule has 0 amide bonds. The van der Waals surface area contributed by atoms with Gasteiger partial charge in [0, 0.05) is 26.0 Å². The minimum Gasteiger partial charge on any atom is -0.486 e. The van der Waals surface area contributed by atoms with Crippen LogP contribution in [0, 0.1) is 0 Å². The van der Waals surface area contributed by atoms with Gasteiger partial charge in [0.05, 0.1) is 19.3 Å². The summed E-state index contributed by atoms with van der Waals surface area (Å²) in [6.45, 7) is 2.89. The minimum atomic E-state index is -3.47. The molecule has 0 bridgehead atoms. The lowest BCUT2D eigenvalue weighted by atomic mass is 9.93. The molecule has 0 spiro atoms. The Labute approximate surface area is 151 Å². The first-order valence-electron chi connectivity index (χ1n) is 8.25. The molecule has 0 radical (unpaired) electrons. The topological polar surface area (TPSA) is 90.9 Å². The van der Waals surface area contributed by atoms with Gasteiger partial charge >= 0.3 is 0 Å². The van der Waals surface area contributed by atoms with Gasteiger partial charge in [-0.3, -0.25) is 0 Å². The van der Waals surface area contributed by atoms with Gasteiger partial charge in [-0.15, -0.1) is 0 Å². The number of hydrogen-bond acceptors (Lipinski definition) is 8. The number of ether oxygens (including phenoxy) is 3. The zero-order valence-electron chi connectivity index (χ0n) is 13.9. The third kappa shape index (κ3) is 2.77. The second-order valence-corrected chi connectivity index (χ2v) is 9.27. The predicted molar refractivity (Wildman–Crippen MR) is 91.1 cm³/mol. The molecule has 1 aromatic heterocycles. The van der Waals surface area contributed by atoms with Crippen LogP contribution >= 0.6 is 11.6 Å². The lowest BCUT2D eigenvalue weighted by molar-refractivity contribution is 0.0639. The van der Waals surface area contributed by atoms with E-state index in [0.29, 0.717) is 69.7 Å². The van der Waals surface area contributed by atoms with Crippen molar-refractivity contribution >= 4 is 27.3 Å². The highest BCUT2D eigenvalue weighted by Crippen LogP contribution is 2.47. The van der Waals surface area contributed by atoms with Crippen molar-refractivity contribution in [3.63, 3.8) is 0 Å². The molecule has 0 N–H and O–H groups in total. The Morgan fingerprint density at radius 2 is 1.92 bits per heavy atom. The molecule has 4 heterocycles. The molecule has 0 aliphatic carbocycles. The SMILES string of the molecule is CS(=O)(=O)C1(c2nc(Cl)nc3c2OC[C@@H]2COCCN32)CCOCC1. The average Bonchev–Trinajstić information content (AvgIpc) is 2.60. The summed E-state index contributed by atoms with van der Waals surface area (Å²) in [6, 6.07) is 0.0453. The van der Waals surface area contributed by atoms with Gasteiger partial charge in [0.25, 0.3) is 0 Å². The molecule has 3 aliphatic rings. The van der Waals surface area contributed by atoms with Crippen LogP contribution in [0.1, 0.15) is 18.5 Å². The van der Waals surface area contributed by atoms with Crippen LogP contribution in [-0.2, 0) is 24.1 Å². The second kappa shape index (κ2) is 6.22. The third-order valence-corrected chi connectivity index (χ3v) is 7.37. The fraction of sp³-hybridized carbons (Fsp3) is 0.733. The maximum absolute atomic E-state index is 12.7. The number of anilines is 1. The van der Waals surface area contributed by atoms with Crippen LogP contribution < -0.4 is 9.64 Å². The van der Waals surface area contributed by atoms with Crippen molar-refractivity contribution in [3.05, 3.63) is 11.0 Å². The summed E-state index contributed by atoms with van der Waals surface area (Å²) in [5.74, 6) is 0.985. The molecule has 0 unspecified atom stereocenters. The summed E-state index contributed by atoms with van der Waals surface area (Å²) in [7, 11) is -3.47. The van der Waals surface area contributed by atoms with Crippen molar-refractivity contribution in [3.8, 4) is 5.75 Å². The highest BCUT2D eigenvalue weighted by atomic mass is 35.5. The maximum Gasteiger partial charge on any atom is 0.224 e. The molecule has 0 aromatic carbocycles. The largest absolute Gasteiger partial charge is 0.486 e. The van der Waals surface area contributed by atoms with Crippen LogP contribution in [0.15, 0.2) is 0 Å². The van der Waals surface area contributed by atoms with Crippen LogP contribution in [0.4, 0.5) is 5.82 Å². The van der Waals surface area contributed by atoms with Crippen LogP contribution in [0.3, 0.4) is 0 Å². The Balaban J connectivity index is 1.89. The Morgan fingerprint density at radius 1 is 1.16 bits per heavy atom. The Bertz CT molecular complexity index is 782. The second-order valence-electron chi connectivity index (χ2n) is 6.61. The summed E-state index contributed by atoms with van der Waals surface area (Å²) < 4.78 is 41.1. The number of fused-ring (bicyclic) bond motifs is 3. The van der Waals surface area contributed by atoms with E-state index in [2.05, 4.69) is 14.9 Å². The molecule has 2 fully saturated rings. The molecular weight excluding hydrogens is 370 g/mol. The van der Waals surface area contributed by atoms with Crippen LogP contribution in [-0.4, -0.2) is 70.3 Å². The standard InChI is InChI=1S/C15H20ClN3O5S/c1-25(20,21)15(2-5-22-6-3-15)12-11-13(18-14(16)17-12)19-4-7-23-8-10(19)9-24-11/h10H,2-9H2,1H3/t10-/m0/s1. The van der Waals surface area contributed by atoms with E-state index in [1.807, 2.05) is 0 Å². The van der Waals surface area contributed by atoms with Gasteiger partial charge in [-0.25, -0.2) is 13.4 Å². The number of halogens is 1. The number of hydrogen-bond donors (Lipinski definition) is 0. The van der Waals surface area contributed by atoms with Crippen molar-refractivity contribution in [1.82, 2.24) is 9.97 Å². The van der Waals surface area contributed by atoms with E-state index >= 15 is 0 Å². The summed E-state index contributed by atoms with van der Waals surface area (Å²) in [4.78, 5) is 10.7. The van der Waals surface area contributed by atoms with Crippen LogP contribution in [0.2, 0.25) is 5.28 Å².